The van der Waals surface area contributed by atoms with E-state index in [4.69, 9.17) is 4.74 Å². The summed E-state index contributed by atoms with van der Waals surface area (Å²) in [5, 5.41) is 2.89. The van der Waals surface area contributed by atoms with Gasteiger partial charge in [0.15, 0.2) is 0 Å². The smallest absolute Gasteiger partial charge is 0.338 e. The summed E-state index contributed by atoms with van der Waals surface area (Å²) in [5.74, 6) is -0.447. The molecular weight excluding hydrogens is 314 g/mol. The number of hydrogen-bond acceptors (Lipinski definition) is 3. The van der Waals surface area contributed by atoms with E-state index < -0.39 is 0 Å². The molecule has 4 heteroatoms. The summed E-state index contributed by atoms with van der Waals surface area (Å²) < 4.78 is 5.00. The third kappa shape index (κ3) is 5.45. The van der Waals surface area contributed by atoms with Crippen LogP contribution in [0, 0.1) is 6.92 Å². The molecule has 4 nitrogen and oxygen atoms in total. The Hall–Kier alpha value is -2.62. The lowest BCUT2D eigenvalue weighted by Crippen LogP contribution is -2.14. The van der Waals surface area contributed by atoms with Gasteiger partial charge in [-0.15, -0.1) is 0 Å². The van der Waals surface area contributed by atoms with Gasteiger partial charge in [0.1, 0.15) is 0 Å². The van der Waals surface area contributed by atoms with Gasteiger partial charge in [-0.1, -0.05) is 37.3 Å². The van der Waals surface area contributed by atoms with Crippen LogP contribution in [0.15, 0.2) is 42.5 Å². The normalized spacial score (nSPS) is 10.4. The molecule has 0 fully saturated rings. The Morgan fingerprint density at radius 2 is 1.68 bits per heavy atom. The van der Waals surface area contributed by atoms with E-state index in [-0.39, 0.29) is 11.9 Å². The van der Waals surface area contributed by atoms with Crippen LogP contribution in [-0.2, 0) is 22.4 Å². The maximum absolute atomic E-state index is 12.2. The summed E-state index contributed by atoms with van der Waals surface area (Å²) in [7, 11) is 0. The van der Waals surface area contributed by atoms with Crippen molar-refractivity contribution in [3.8, 4) is 0 Å². The zero-order valence-corrected chi connectivity index (χ0v) is 15.1. The molecular formula is C21H25NO3. The van der Waals surface area contributed by atoms with Gasteiger partial charge in [-0.25, -0.2) is 4.79 Å². The van der Waals surface area contributed by atoms with Crippen LogP contribution >= 0.6 is 0 Å². The Morgan fingerprint density at radius 1 is 1.00 bits per heavy atom. The van der Waals surface area contributed by atoms with Gasteiger partial charge in [0.25, 0.3) is 0 Å². The number of esters is 1. The average molecular weight is 339 g/mol. The second-order valence-corrected chi connectivity index (χ2v) is 5.97. The van der Waals surface area contributed by atoms with Crippen molar-refractivity contribution in [2.24, 2.45) is 0 Å². The summed E-state index contributed by atoms with van der Waals surface area (Å²) >= 11 is 0. The van der Waals surface area contributed by atoms with Crippen molar-refractivity contribution < 1.29 is 14.3 Å². The predicted molar refractivity (Wildman–Crippen MR) is 99.9 cm³/mol. The van der Waals surface area contributed by atoms with E-state index in [1.807, 2.05) is 13.0 Å². The molecule has 0 aliphatic rings. The minimum Gasteiger partial charge on any atom is -0.462 e. The average Bonchev–Trinajstić information content (AvgIpc) is 2.62. The van der Waals surface area contributed by atoms with Gasteiger partial charge >= 0.3 is 5.97 Å². The fourth-order valence-electron chi connectivity index (χ4n) is 2.51. The van der Waals surface area contributed by atoms with Crippen LogP contribution < -0.4 is 5.32 Å². The first-order chi connectivity index (χ1) is 12.0. The van der Waals surface area contributed by atoms with Crippen LogP contribution in [0.5, 0.6) is 0 Å². The predicted octanol–water partition coefficient (Wildman–Crippen LogP) is 4.31. The molecule has 25 heavy (non-hydrogen) atoms. The number of nitrogens with one attached hydrogen (secondary N) is 1. The highest BCUT2D eigenvalue weighted by molar-refractivity contribution is 5.95. The summed E-state index contributed by atoms with van der Waals surface area (Å²) in [4.78, 5) is 24.1. The first-order valence-corrected chi connectivity index (χ1v) is 8.69. The first-order valence-electron chi connectivity index (χ1n) is 8.69. The van der Waals surface area contributed by atoms with Gasteiger partial charge in [-0.2, -0.15) is 0 Å². The third-order valence-corrected chi connectivity index (χ3v) is 4.09. The van der Waals surface area contributed by atoms with Crippen LogP contribution in [0.4, 0.5) is 5.69 Å². The maximum Gasteiger partial charge on any atom is 0.338 e. The molecule has 1 amide bonds. The van der Waals surface area contributed by atoms with Crippen molar-refractivity contribution in [2.75, 3.05) is 11.9 Å². The lowest BCUT2D eigenvalue weighted by atomic mass is 10.1. The highest BCUT2D eigenvalue weighted by Crippen LogP contribution is 2.18. The van der Waals surface area contributed by atoms with Crippen LogP contribution in [0.25, 0.3) is 0 Å². The number of hydrogen-bond donors (Lipinski definition) is 1. The van der Waals surface area contributed by atoms with Crippen LogP contribution in [-0.4, -0.2) is 18.5 Å². The maximum atomic E-state index is 12.2. The Kier molecular flexibility index (Phi) is 6.75. The molecule has 0 heterocycles. The molecule has 1 N–H and O–H groups in total. The van der Waals surface area contributed by atoms with E-state index in [9.17, 15) is 9.59 Å². The second-order valence-electron chi connectivity index (χ2n) is 5.97. The minimum absolute atomic E-state index is 0.0660. The molecule has 2 rings (SSSR count). The van der Waals surface area contributed by atoms with Gasteiger partial charge in [0.05, 0.1) is 12.2 Å². The largest absolute Gasteiger partial charge is 0.462 e. The van der Waals surface area contributed by atoms with Crippen molar-refractivity contribution in [3.63, 3.8) is 0 Å². The van der Waals surface area contributed by atoms with Crippen LogP contribution in [0.3, 0.4) is 0 Å². The van der Waals surface area contributed by atoms with Gasteiger partial charge < -0.3 is 10.1 Å². The number of carbonyl (C=O) groups is 2. The Bertz CT molecular complexity index is 735. The highest BCUT2D eigenvalue weighted by Gasteiger charge is 2.11. The molecule has 0 saturated heterocycles. The summed E-state index contributed by atoms with van der Waals surface area (Å²) in [6.07, 6.45) is 2.10. The number of aryl methyl sites for hydroxylation is 3. The number of benzene rings is 2. The van der Waals surface area contributed by atoms with Gasteiger partial charge in [0, 0.05) is 12.1 Å². The molecule has 0 radical (unpaired) electrons. The van der Waals surface area contributed by atoms with E-state index in [0.717, 1.165) is 17.5 Å². The van der Waals surface area contributed by atoms with Gasteiger partial charge in [-0.3, -0.25) is 4.79 Å². The van der Waals surface area contributed by atoms with E-state index in [0.29, 0.717) is 30.7 Å². The SMILES string of the molecule is CCOC(=O)c1ccc(C)c(NC(=O)CCc2ccc(CC)cc2)c1. The third-order valence-electron chi connectivity index (χ3n) is 4.09. The molecule has 0 bridgehead atoms. The molecule has 0 spiro atoms. The van der Waals surface area contributed by atoms with E-state index >= 15 is 0 Å². The summed E-state index contributed by atoms with van der Waals surface area (Å²) in [6.45, 7) is 6.11. The number of anilines is 1. The fourth-order valence-corrected chi connectivity index (χ4v) is 2.51. The monoisotopic (exact) mass is 339 g/mol. The Labute approximate surface area is 149 Å². The fraction of sp³-hybridized carbons (Fsp3) is 0.333. The zero-order valence-electron chi connectivity index (χ0n) is 15.1. The quantitative estimate of drug-likeness (QED) is 0.765. The molecule has 0 aliphatic heterocycles. The lowest BCUT2D eigenvalue weighted by molar-refractivity contribution is -0.116. The van der Waals surface area contributed by atoms with Crippen molar-refractivity contribution in [1.29, 1.82) is 0 Å². The number of ether oxygens (including phenoxy) is 1. The van der Waals surface area contributed by atoms with E-state index in [2.05, 4.69) is 36.5 Å². The molecule has 2 aromatic carbocycles. The van der Waals surface area contributed by atoms with E-state index in [1.54, 1.807) is 19.1 Å². The molecule has 132 valence electrons. The van der Waals surface area contributed by atoms with Crippen molar-refractivity contribution in [1.82, 2.24) is 0 Å². The van der Waals surface area contributed by atoms with Crippen molar-refractivity contribution >= 4 is 17.6 Å². The lowest BCUT2D eigenvalue weighted by Gasteiger charge is -2.10. The van der Waals surface area contributed by atoms with Crippen molar-refractivity contribution in [3.05, 3.63) is 64.7 Å². The Balaban J connectivity index is 1.97. The zero-order chi connectivity index (χ0) is 18.2. The summed E-state index contributed by atoms with van der Waals surface area (Å²) in [6, 6.07) is 13.5. The first kappa shape index (κ1) is 18.7. The van der Waals surface area contributed by atoms with Gasteiger partial charge in [-0.05, 0) is 55.5 Å². The molecule has 0 unspecified atom stereocenters. The number of amides is 1. The van der Waals surface area contributed by atoms with Crippen LogP contribution in [0.2, 0.25) is 0 Å². The standard InChI is InChI=1S/C21H25NO3/c1-4-16-7-9-17(10-8-16)11-13-20(23)22-19-14-18(12-6-15(19)3)21(24)25-5-2/h6-10,12,14H,4-5,11,13H2,1-3H3,(H,22,23). The number of carbonyl (C=O) groups excluding carboxylic acids is 2. The molecule has 0 aliphatic carbocycles. The second kappa shape index (κ2) is 9.02. The molecule has 0 atom stereocenters. The molecule has 0 aromatic heterocycles. The number of rotatable bonds is 7. The van der Waals surface area contributed by atoms with E-state index in [1.165, 1.54) is 5.56 Å². The topological polar surface area (TPSA) is 55.4 Å². The minimum atomic E-state index is -0.381. The van der Waals surface area contributed by atoms with Crippen LogP contribution in [0.1, 0.15) is 47.3 Å². The molecule has 2 aromatic rings. The van der Waals surface area contributed by atoms with Gasteiger partial charge in [0.2, 0.25) is 5.91 Å². The summed E-state index contributed by atoms with van der Waals surface area (Å²) in [5.41, 5.74) is 4.44. The molecule has 0 saturated carbocycles. The van der Waals surface area contributed by atoms with Crippen molar-refractivity contribution in [2.45, 2.75) is 40.0 Å². The Morgan fingerprint density at radius 3 is 2.32 bits per heavy atom. The highest BCUT2D eigenvalue weighted by atomic mass is 16.5.